The SMILES string of the molecule is O=C(Nc1ccc(-c2cc(C3CC3)n(C(=O)NCc3cccc(F)c3)n2)c(O)c1)c1ccc(Cl)cc1. The number of nitrogens with zero attached hydrogens (tertiary/aromatic N) is 2. The van der Waals surface area contributed by atoms with Crippen LogP contribution >= 0.6 is 11.6 Å². The summed E-state index contributed by atoms with van der Waals surface area (Å²) in [6, 6.07) is 18.6. The molecule has 0 unspecified atom stereocenters. The standard InChI is InChI=1S/C27H22ClFN4O3/c28-19-8-6-18(7-9-19)26(35)31-21-10-11-22(25(34)13-21)23-14-24(17-4-5-17)33(32-23)27(36)30-15-16-2-1-3-20(29)12-16/h1-3,6-14,17,34H,4-5,15H2,(H,30,36)(H,31,35). The molecule has 1 aromatic heterocycles. The predicted octanol–water partition coefficient (Wildman–Crippen LogP) is 5.94. The summed E-state index contributed by atoms with van der Waals surface area (Å²) >= 11 is 5.87. The molecule has 1 fully saturated rings. The second-order valence-electron chi connectivity index (χ2n) is 8.62. The topological polar surface area (TPSA) is 96.3 Å². The van der Waals surface area contributed by atoms with Gasteiger partial charge in [0.2, 0.25) is 0 Å². The number of phenolic OH excluding ortho intramolecular Hbond substituents is 1. The summed E-state index contributed by atoms with van der Waals surface area (Å²) in [6.07, 6.45) is 1.90. The first-order chi connectivity index (χ1) is 17.4. The fourth-order valence-corrected chi connectivity index (χ4v) is 4.02. The fourth-order valence-electron chi connectivity index (χ4n) is 3.89. The number of hydrogen-bond donors (Lipinski definition) is 3. The van der Waals surface area contributed by atoms with E-state index in [9.17, 15) is 19.1 Å². The van der Waals surface area contributed by atoms with Gasteiger partial charge in [-0.25, -0.2) is 9.18 Å². The van der Waals surface area contributed by atoms with Crippen molar-refractivity contribution in [1.82, 2.24) is 15.1 Å². The largest absolute Gasteiger partial charge is 0.507 e. The van der Waals surface area contributed by atoms with Gasteiger partial charge in [0.15, 0.2) is 0 Å². The monoisotopic (exact) mass is 504 g/mol. The van der Waals surface area contributed by atoms with Gasteiger partial charge in [0, 0.05) is 40.4 Å². The molecule has 5 rings (SSSR count). The van der Waals surface area contributed by atoms with Crippen LogP contribution in [0.4, 0.5) is 14.9 Å². The molecular weight excluding hydrogens is 483 g/mol. The van der Waals surface area contributed by atoms with Gasteiger partial charge in [-0.15, -0.1) is 0 Å². The van der Waals surface area contributed by atoms with Crippen LogP contribution in [0.25, 0.3) is 11.3 Å². The second-order valence-corrected chi connectivity index (χ2v) is 9.06. The molecule has 1 aliphatic carbocycles. The lowest BCUT2D eigenvalue weighted by atomic mass is 10.1. The van der Waals surface area contributed by atoms with E-state index in [4.69, 9.17) is 11.6 Å². The summed E-state index contributed by atoms with van der Waals surface area (Å²) in [5, 5.41) is 21.2. The number of carbonyl (C=O) groups excluding carboxylic acids is 2. The van der Waals surface area contributed by atoms with Crippen LogP contribution in [-0.4, -0.2) is 26.8 Å². The zero-order chi connectivity index (χ0) is 25.2. The number of benzene rings is 3. The number of amides is 2. The van der Waals surface area contributed by atoms with Gasteiger partial charge >= 0.3 is 6.03 Å². The molecule has 0 aliphatic heterocycles. The van der Waals surface area contributed by atoms with Gasteiger partial charge < -0.3 is 15.7 Å². The van der Waals surface area contributed by atoms with Crippen molar-refractivity contribution in [3.8, 4) is 17.0 Å². The van der Waals surface area contributed by atoms with Crippen molar-refractivity contribution >= 4 is 29.2 Å². The van der Waals surface area contributed by atoms with Crippen LogP contribution < -0.4 is 10.6 Å². The van der Waals surface area contributed by atoms with E-state index in [0.717, 1.165) is 18.5 Å². The minimum atomic E-state index is -0.432. The molecular formula is C27H22ClFN4O3. The van der Waals surface area contributed by atoms with Gasteiger partial charge in [0.1, 0.15) is 11.6 Å². The van der Waals surface area contributed by atoms with E-state index < -0.39 is 6.03 Å². The Bertz CT molecular complexity index is 1450. The van der Waals surface area contributed by atoms with E-state index in [2.05, 4.69) is 15.7 Å². The Balaban J connectivity index is 1.34. The molecule has 182 valence electrons. The maximum absolute atomic E-state index is 13.4. The van der Waals surface area contributed by atoms with Crippen molar-refractivity contribution in [3.05, 3.63) is 100 Å². The fraction of sp³-hybridized carbons (Fsp3) is 0.148. The highest BCUT2D eigenvalue weighted by Gasteiger charge is 2.30. The average Bonchev–Trinajstić information content (AvgIpc) is 3.61. The van der Waals surface area contributed by atoms with Crippen LogP contribution in [-0.2, 0) is 6.54 Å². The summed E-state index contributed by atoms with van der Waals surface area (Å²) < 4.78 is 14.7. The number of nitrogens with one attached hydrogen (secondary N) is 2. The Morgan fingerprint density at radius 1 is 1.06 bits per heavy atom. The van der Waals surface area contributed by atoms with Crippen molar-refractivity contribution < 1.29 is 19.1 Å². The molecule has 0 spiro atoms. The summed E-state index contributed by atoms with van der Waals surface area (Å²) in [6.45, 7) is 0.156. The Morgan fingerprint density at radius 2 is 1.83 bits per heavy atom. The predicted molar refractivity (Wildman–Crippen MR) is 135 cm³/mol. The van der Waals surface area contributed by atoms with Crippen molar-refractivity contribution in [2.24, 2.45) is 0 Å². The maximum Gasteiger partial charge on any atom is 0.342 e. The van der Waals surface area contributed by atoms with Gasteiger partial charge in [0.05, 0.1) is 11.4 Å². The first-order valence-corrected chi connectivity index (χ1v) is 11.8. The zero-order valence-electron chi connectivity index (χ0n) is 19.0. The Hall–Kier alpha value is -4.17. The van der Waals surface area contributed by atoms with Crippen LogP contribution in [0, 0.1) is 5.82 Å². The van der Waals surface area contributed by atoms with Crippen molar-refractivity contribution in [1.29, 1.82) is 0 Å². The minimum Gasteiger partial charge on any atom is -0.507 e. The molecule has 3 aromatic carbocycles. The molecule has 4 aromatic rings. The van der Waals surface area contributed by atoms with Crippen molar-refractivity contribution in [2.75, 3.05) is 5.32 Å². The van der Waals surface area contributed by atoms with Crippen LogP contribution in [0.3, 0.4) is 0 Å². The third-order valence-corrected chi connectivity index (χ3v) is 6.15. The van der Waals surface area contributed by atoms with Crippen LogP contribution in [0.1, 0.15) is 40.4 Å². The van der Waals surface area contributed by atoms with E-state index in [1.54, 1.807) is 54.6 Å². The van der Waals surface area contributed by atoms with E-state index in [1.807, 2.05) is 0 Å². The van der Waals surface area contributed by atoms with Gasteiger partial charge in [-0.3, -0.25) is 4.79 Å². The number of hydrogen-bond acceptors (Lipinski definition) is 4. The van der Waals surface area contributed by atoms with Crippen LogP contribution in [0.15, 0.2) is 72.8 Å². The van der Waals surface area contributed by atoms with E-state index >= 15 is 0 Å². The molecule has 1 heterocycles. The lowest BCUT2D eigenvalue weighted by Gasteiger charge is -2.09. The Kier molecular flexibility index (Phi) is 6.43. The van der Waals surface area contributed by atoms with Gasteiger partial charge in [-0.1, -0.05) is 23.7 Å². The van der Waals surface area contributed by atoms with Gasteiger partial charge in [0.25, 0.3) is 5.91 Å². The normalized spacial score (nSPS) is 12.8. The molecule has 1 saturated carbocycles. The molecule has 3 N–H and O–H groups in total. The number of aromatic hydroxyl groups is 1. The summed E-state index contributed by atoms with van der Waals surface area (Å²) in [5.41, 5.74) is 3.09. The zero-order valence-corrected chi connectivity index (χ0v) is 19.8. The molecule has 9 heteroatoms. The third kappa shape index (κ3) is 5.23. The number of aromatic nitrogens is 2. The quantitative estimate of drug-likeness (QED) is 0.303. The summed E-state index contributed by atoms with van der Waals surface area (Å²) in [7, 11) is 0. The molecule has 0 atom stereocenters. The summed E-state index contributed by atoms with van der Waals surface area (Å²) in [5.74, 6) is -0.582. The van der Waals surface area contributed by atoms with Gasteiger partial charge in [-0.2, -0.15) is 9.78 Å². The molecule has 36 heavy (non-hydrogen) atoms. The Morgan fingerprint density at radius 3 is 2.53 bits per heavy atom. The van der Waals surface area contributed by atoms with Crippen molar-refractivity contribution in [2.45, 2.75) is 25.3 Å². The number of anilines is 1. The molecule has 0 radical (unpaired) electrons. The highest BCUT2D eigenvalue weighted by atomic mass is 35.5. The highest BCUT2D eigenvalue weighted by molar-refractivity contribution is 6.30. The van der Waals surface area contributed by atoms with Crippen LogP contribution in [0.2, 0.25) is 5.02 Å². The highest BCUT2D eigenvalue weighted by Crippen LogP contribution is 2.42. The lowest BCUT2D eigenvalue weighted by molar-refractivity contribution is 0.102. The number of phenols is 1. The van der Waals surface area contributed by atoms with E-state index in [0.29, 0.717) is 33.1 Å². The lowest BCUT2D eigenvalue weighted by Crippen LogP contribution is -2.30. The molecule has 0 saturated heterocycles. The third-order valence-electron chi connectivity index (χ3n) is 5.90. The van der Waals surface area contributed by atoms with Crippen molar-refractivity contribution in [3.63, 3.8) is 0 Å². The maximum atomic E-state index is 13.4. The molecule has 1 aliphatic rings. The first kappa shape index (κ1) is 23.6. The second kappa shape index (κ2) is 9.83. The first-order valence-electron chi connectivity index (χ1n) is 11.4. The Labute approximate surface area is 211 Å². The van der Waals surface area contributed by atoms with E-state index in [-0.39, 0.29) is 29.9 Å². The molecule has 2 amide bonds. The molecule has 7 nitrogen and oxygen atoms in total. The van der Waals surface area contributed by atoms with Gasteiger partial charge in [-0.05, 0) is 73.0 Å². The smallest absolute Gasteiger partial charge is 0.342 e. The number of carbonyl (C=O) groups is 2. The minimum absolute atomic E-state index is 0.0870. The summed E-state index contributed by atoms with van der Waals surface area (Å²) in [4.78, 5) is 25.4. The van der Waals surface area contributed by atoms with Crippen LogP contribution in [0.5, 0.6) is 5.75 Å². The molecule has 0 bridgehead atoms. The average molecular weight is 505 g/mol. The van der Waals surface area contributed by atoms with E-state index in [1.165, 1.54) is 22.9 Å². The number of rotatable bonds is 6. The number of halogens is 2.